The van der Waals surface area contributed by atoms with Crippen molar-refractivity contribution in [2.75, 3.05) is 46.4 Å². The molecule has 0 aliphatic carbocycles. The maximum atomic E-state index is 5.94. The third kappa shape index (κ3) is 6.07. The van der Waals surface area contributed by atoms with Gasteiger partial charge < -0.3 is 19.5 Å². The summed E-state index contributed by atoms with van der Waals surface area (Å²) < 4.78 is 10.8. The normalized spacial score (nSPS) is 16.9. The maximum absolute atomic E-state index is 5.94. The molecular weight excluding hydrogens is 354 g/mol. The van der Waals surface area contributed by atoms with E-state index in [2.05, 4.69) is 44.3 Å². The Balaban J connectivity index is 1.31. The van der Waals surface area contributed by atoms with Crippen LogP contribution in [0.1, 0.15) is 30.7 Å². The number of guanidine groups is 1. The Bertz CT molecular complexity index is 697. The van der Waals surface area contributed by atoms with Gasteiger partial charge in [0.2, 0.25) is 0 Å². The Morgan fingerprint density at radius 1 is 1.21 bits per heavy atom. The topological polar surface area (TPSA) is 66.1 Å². The molecule has 152 valence electrons. The highest BCUT2D eigenvalue weighted by atomic mass is 16.5. The van der Waals surface area contributed by atoms with Crippen molar-refractivity contribution in [1.82, 2.24) is 20.3 Å². The summed E-state index contributed by atoms with van der Waals surface area (Å²) in [6.07, 6.45) is 2.70. The first-order valence-electron chi connectivity index (χ1n) is 10.00. The number of nitrogens with one attached hydrogen (secondary N) is 1. The van der Waals surface area contributed by atoms with Crippen LogP contribution in [0.5, 0.6) is 0 Å². The fourth-order valence-electron chi connectivity index (χ4n) is 3.35. The Kier molecular flexibility index (Phi) is 7.87. The zero-order chi connectivity index (χ0) is 19.6. The van der Waals surface area contributed by atoms with Crippen molar-refractivity contribution < 1.29 is 9.26 Å². The predicted molar refractivity (Wildman–Crippen MR) is 110 cm³/mol. The van der Waals surface area contributed by atoms with Gasteiger partial charge in [0.15, 0.2) is 5.96 Å². The molecule has 1 N–H and O–H groups in total. The van der Waals surface area contributed by atoms with Crippen LogP contribution in [0.15, 0.2) is 52.2 Å². The number of rotatable bonds is 8. The molecule has 28 heavy (non-hydrogen) atoms. The molecule has 0 saturated carbocycles. The summed E-state index contributed by atoms with van der Waals surface area (Å²) in [6.45, 7) is 8.42. The zero-order valence-corrected chi connectivity index (χ0v) is 16.9. The number of benzene rings is 1. The summed E-state index contributed by atoms with van der Waals surface area (Å²) in [5.41, 5.74) is 2.20. The summed E-state index contributed by atoms with van der Waals surface area (Å²) in [7, 11) is 1.85. The molecule has 1 aromatic heterocycles. The lowest BCUT2D eigenvalue weighted by atomic mass is 10.1. The van der Waals surface area contributed by atoms with E-state index < -0.39 is 0 Å². The van der Waals surface area contributed by atoms with E-state index in [1.54, 1.807) is 6.26 Å². The molecular formula is C21H31N5O2. The van der Waals surface area contributed by atoms with Crippen LogP contribution in [0.2, 0.25) is 0 Å². The van der Waals surface area contributed by atoms with Crippen LogP contribution >= 0.6 is 0 Å². The summed E-state index contributed by atoms with van der Waals surface area (Å²) in [5.74, 6) is 0.970. The van der Waals surface area contributed by atoms with Gasteiger partial charge in [-0.3, -0.25) is 9.89 Å². The largest absolute Gasteiger partial charge is 0.374 e. The summed E-state index contributed by atoms with van der Waals surface area (Å²) >= 11 is 0. The van der Waals surface area contributed by atoms with Crippen LogP contribution in [0.3, 0.4) is 0 Å². The Labute approximate surface area is 167 Å². The Morgan fingerprint density at radius 2 is 2.00 bits per heavy atom. The minimum Gasteiger partial charge on any atom is -0.374 e. The summed E-state index contributed by atoms with van der Waals surface area (Å²) in [6, 6.07) is 12.3. The van der Waals surface area contributed by atoms with E-state index in [-0.39, 0.29) is 6.10 Å². The van der Waals surface area contributed by atoms with Crippen molar-refractivity contribution in [3.8, 4) is 0 Å². The van der Waals surface area contributed by atoms with Gasteiger partial charge in [0.05, 0.1) is 11.8 Å². The van der Waals surface area contributed by atoms with Gasteiger partial charge >= 0.3 is 0 Å². The second-order valence-corrected chi connectivity index (χ2v) is 7.01. The van der Waals surface area contributed by atoms with Gasteiger partial charge in [-0.05, 0) is 18.9 Å². The van der Waals surface area contributed by atoms with E-state index in [9.17, 15) is 0 Å². The Hall–Kier alpha value is -2.38. The summed E-state index contributed by atoms with van der Waals surface area (Å²) in [4.78, 5) is 9.14. The highest BCUT2D eigenvalue weighted by molar-refractivity contribution is 5.79. The van der Waals surface area contributed by atoms with Crippen molar-refractivity contribution >= 4 is 5.96 Å². The molecule has 7 heteroatoms. The molecule has 3 rings (SSSR count). The number of piperazine rings is 1. The van der Waals surface area contributed by atoms with Crippen LogP contribution in [-0.2, 0) is 11.3 Å². The molecule has 1 saturated heterocycles. The minimum atomic E-state index is 0.123. The first-order chi connectivity index (χ1) is 13.8. The number of aromatic nitrogens is 1. The van der Waals surface area contributed by atoms with Crippen LogP contribution in [-0.4, -0.2) is 67.3 Å². The first-order valence-corrected chi connectivity index (χ1v) is 10.00. The Morgan fingerprint density at radius 3 is 2.68 bits per heavy atom. The van der Waals surface area contributed by atoms with Gasteiger partial charge in [-0.1, -0.05) is 35.5 Å². The fourth-order valence-corrected chi connectivity index (χ4v) is 3.35. The highest BCUT2D eigenvalue weighted by Crippen LogP contribution is 2.15. The molecule has 0 amide bonds. The maximum Gasteiger partial charge on any atom is 0.193 e. The van der Waals surface area contributed by atoms with Crippen molar-refractivity contribution in [2.24, 2.45) is 4.99 Å². The van der Waals surface area contributed by atoms with Gasteiger partial charge in [-0.2, -0.15) is 0 Å². The van der Waals surface area contributed by atoms with Crippen molar-refractivity contribution in [3.05, 3.63) is 53.9 Å². The minimum absolute atomic E-state index is 0.123. The molecule has 2 heterocycles. The van der Waals surface area contributed by atoms with Gasteiger partial charge in [-0.25, -0.2) is 0 Å². The molecule has 1 aromatic carbocycles. The van der Waals surface area contributed by atoms with E-state index in [4.69, 9.17) is 9.26 Å². The zero-order valence-electron chi connectivity index (χ0n) is 16.9. The average molecular weight is 386 g/mol. The van der Waals surface area contributed by atoms with Crippen LogP contribution < -0.4 is 5.32 Å². The number of hydrogen-bond donors (Lipinski definition) is 1. The molecule has 0 bridgehead atoms. The van der Waals surface area contributed by atoms with Crippen LogP contribution in [0, 0.1) is 0 Å². The number of nitrogens with zero attached hydrogens (tertiary/aromatic N) is 4. The van der Waals surface area contributed by atoms with Gasteiger partial charge in [0.1, 0.15) is 6.26 Å². The molecule has 1 aliphatic rings. The fraction of sp³-hybridized carbons (Fsp3) is 0.524. The van der Waals surface area contributed by atoms with Gasteiger partial charge in [-0.15, -0.1) is 0 Å². The monoisotopic (exact) mass is 385 g/mol. The number of aliphatic imine (C=N–C) groups is 1. The quantitative estimate of drug-likeness (QED) is 0.428. The smallest absolute Gasteiger partial charge is 0.193 e. The second kappa shape index (κ2) is 10.8. The standard InChI is InChI=1S/C21H31N5O2/c1-18(19-7-4-3-5-8-19)27-15-6-10-23-21(22-2)26-13-11-25(12-14-26)17-20-9-16-28-24-20/h3-5,7-9,16,18H,6,10-15,17H2,1-2H3,(H,22,23). The molecule has 1 atom stereocenters. The van der Waals surface area contributed by atoms with E-state index >= 15 is 0 Å². The highest BCUT2D eigenvalue weighted by Gasteiger charge is 2.20. The van der Waals surface area contributed by atoms with E-state index in [1.165, 1.54) is 5.56 Å². The second-order valence-electron chi connectivity index (χ2n) is 7.01. The predicted octanol–water partition coefficient (Wildman–Crippen LogP) is 2.54. The van der Waals surface area contributed by atoms with Crippen molar-refractivity contribution in [1.29, 1.82) is 0 Å². The molecule has 1 fully saturated rings. The third-order valence-corrected chi connectivity index (χ3v) is 5.00. The average Bonchev–Trinajstić information content (AvgIpc) is 3.25. The molecule has 2 aromatic rings. The van der Waals surface area contributed by atoms with Gasteiger partial charge in [0, 0.05) is 59.0 Å². The lowest BCUT2D eigenvalue weighted by Gasteiger charge is -2.36. The molecule has 0 spiro atoms. The lowest BCUT2D eigenvalue weighted by molar-refractivity contribution is 0.0645. The third-order valence-electron chi connectivity index (χ3n) is 5.00. The first kappa shape index (κ1) is 20.4. The van der Waals surface area contributed by atoms with E-state index in [0.29, 0.717) is 0 Å². The number of hydrogen-bond acceptors (Lipinski definition) is 5. The van der Waals surface area contributed by atoms with Gasteiger partial charge in [0.25, 0.3) is 0 Å². The van der Waals surface area contributed by atoms with Crippen molar-refractivity contribution in [2.45, 2.75) is 26.0 Å². The van der Waals surface area contributed by atoms with E-state index in [0.717, 1.165) is 63.9 Å². The van der Waals surface area contributed by atoms with E-state index in [1.807, 2.05) is 31.3 Å². The van der Waals surface area contributed by atoms with Crippen molar-refractivity contribution in [3.63, 3.8) is 0 Å². The molecule has 1 unspecified atom stereocenters. The SMILES string of the molecule is CN=C(NCCCOC(C)c1ccccc1)N1CCN(Cc2ccon2)CC1. The summed E-state index contributed by atoms with van der Waals surface area (Å²) in [5, 5.41) is 7.46. The molecule has 7 nitrogen and oxygen atoms in total. The molecule has 1 aliphatic heterocycles. The van der Waals surface area contributed by atoms with Crippen LogP contribution in [0.4, 0.5) is 0 Å². The van der Waals surface area contributed by atoms with Crippen LogP contribution in [0.25, 0.3) is 0 Å². The number of ether oxygens (including phenoxy) is 1. The molecule has 0 radical (unpaired) electrons. The lowest BCUT2D eigenvalue weighted by Crippen LogP contribution is -2.52.